The molecule has 0 aliphatic rings. The van der Waals surface area contributed by atoms with E-state index in [0.29, 0.717) is 11.4 Å². The van der Waals surface area contributed by atoms with E-state index >= 15 is 0 Å². The van der Waals surface area contributed by atoms with Crippen molar-refractivity contribution in [3.05, 3.63) is 34.9 Å². The van der Waals surface area contributed by atoms with Crippen LogP contribution in [0.15, 0.2) is 24.3 Å². The maximum absolute atomic E-state index is 12.0. The van der Waals surface area contributed by atoms with Crippen molar-refractivity contribution in [1.29, 1.82) is 0 Å². The molecule has 0 aliphatic heterocycles. The molecule has 0 aliphatic carbocycles. The number of halogens is 1. The summed E-state index contributed by atoms with van der Waals surface area (Å²) in [4.78, 5) is 13.8. The lowest BCUT2D eigenvalue weighted by atomic mass is 9.96. The first kappa shape index (κ1) is 14.0. The molecule has 0 saturated heterocycles. The maximum atomic E-state index is 12.0. The average Bonchev–Trinajstić information content (AvgIpc) is 2.14. The molecule has 2 nitrogen and oxygen atoms in total. The van der Waals surface area contributed by atoms with Crippen LogP contribution in [0.2, 0.25) is 5.02 Å². The normalized spacial score (nSPS) is 11.4. The number of likely N-dealkylation sites (N-methyl/N-ethyl adjacent to an activating group) is 1. The molecule has 0 radical (unpaired) electrons. The Morgan fingerprint density at radius 1 is 1.35 bits per heavy atom. The Hall–Kier alpha value is -1.02. The quantitative estimate of drug-likeness (QED) is 0.809. The van der Waals surface area contributed by atoms with Crippen molar-refractivity contribution in [3.63, 3.8) is 0 Å². The van der Waals surface area contributed by atoms with Crippen LogP contribution in [0.5, 0.6) is 0 Å². The summed E-state index contributed by atoms with van der Waals surface area (Å²) in [7, 11) is 1.85. The number of hydrogen-bond donors (Lipinski definition) is 0. The van der Waals surface area contributed by atoms with Gasteiger partial charge in [-0.15, -0.1) is 0 Å². The van der Waals surface area contributed by atoms with Gasteiger partial charge in [0.15, 0.2) is 0 Å². The fourth-order valence-corrected chi connectivity index (χ4v) is 1.97. The van der Waals surface area contributed by atoms with Gasteiger partial charge in [0.05, 0.1) is 6.42 Å². The molecule has 0 bridgehead atoms. The number of carbonyl (C=O) groups excluding carboxylic acids is 1. The SMILES string of the molecule is CN(CC(C)(C)C)C(=O)Cc1cccc(Cl)c1. The third-order valence-electron chi connectivity index (χ3n) is 2.38. The molecule has 0 N–H and O–H groups in total. The summed E-state index contributed by atoms with van der Waals surface area (Å²) >= 11 is 5.89. The summed E-state index contributed by atoms with van der Waals surface area (Å²) in [6.45, 7) is 7.12. The van der Waals surface area contributed by atoms with Crippen molar-refractivity contribution in [3.8, 4) is 0 Å². The molecule has 0 saturated carbocycles. The van der Waals surface area contributed by atoms with Gasteiger partial charge in [0.2, 0.25) is 5.91 Å². The number of benzene rings is 1. The molecule has 3 heteroatoms. The molecule has 17 heavy (non-hydrogen) atoms. The Morgan fingerprint density at radius 2 is 2.00 bits per heavy atom. The van der Waals surface area contributed by atoms with Gasteiger partial charge < -0.3 is 4.90 Å². The predicted molar refractivity (Wildman–Crippen MR) is 72.2 cm³/mol. The minimum absolute atomic E-state index is 0.124. The highest BCUT2D eigenvalue weighted by molar-refractivity contribution is 6.30. The monoisotopic (exact) mass is 253 g/mol. The van der Waals surface area contributed by atoms with E-state index in [9.17, 15) is 4.79 Å². The molecule has 0 aromatic heterocycles. The number of amides is 1. The van der Waals surface area contributed by atoms with E-state index in [1.165, 1.54) is 0 Å². The van der Waals surface area contributed by atoms with Gasteiger partial charge in [-0.3, -0.25) is 4.79 Å². The standard InChI is InChI=1S/C14H20ClNO/c1-14(2,3)10-16(4)13(17)9-11-6-5-7-12(15)8-11/h5-8H,9-10H2,1-4H3. The number of carbonyl (C=O) groups is 1. The summed E-state index contributed by atoms with van der Waals surface area (Å²) in [6, 6.07) is 7.45. The van der Waals surface area contributed by atoms with Crippen LogP contribution in [0.1, 0.15) is 26.3 Å². The van der Waals surface area contributed by atoms with Crippen molar-refractivity contribution in [1.82, 2.24) is 4.90 Å². The largest absolute Gasteiger partial charge is 0.345 e. The Balaban J connectivity index is 2.60. The molecule has 1 rings (SSSR count). The van der Waals surface area contributed by atoms with Gasteiger partial charge in [-0.05, 0) is 23.1 Å². The minimum Gasteiger partial charge on any atom is -0.345 e. The highest BCUT2D eigenvalue weighted by atomic mass is 35.5. The third-order valence-corrected chi connectivity index (χ3v) is 2.62. The Kier molecular flexibility index (Phi) is 4.58. The minimum atomic E-state index is 0.124. The lowest BCUT2D eigenvalue weighted by Crippen LogP contribution is -2.35. The molecule has 0 spiro atoms. The Bertz CT molecular complexity index is 395. The van der Waals surface area contributed by atoms with Crippen LogP contribution in [0.3, 0.4) is 0 Å². The molecule has 1 amide bonds. The van der Waals surface area contributed by atoms with Crippen molar-refractivity contribution in [2.45, 2.75) is 27.2 Å². The third kappa shape index (κ3) is 5.22. The van der Waals surface area contributed by atoms with Gasteiger partial charge >= 0.3 is 0 Å². The van der Waals surface area contributed by atoms with Crippen LogP contribution < -0.4 is 0 Å². The van der Waals surface area contributed by atoms with E-state index in [0.717, 1.165) is 12.1 Å². The summed E-state index contributed by atoms with van der Waals surface area (Å²) < 4.78 is 0. The number of hydrogen-bond acceptors (Lipinski definition) is 1. The molecule has 0 fully saturated rings. The summed E-state index contributed by atoms with van der Waals surface area (Å²) in [5.74, 6) is 0.127. The first-order valence-corrected chi connectivity index (χ1v) is 6.14. The fraction of sp³-hybridized carbons (Fsp3) is 0.500. The van der Waals surface area contributed by atoms with Crippen LogP contribution in [0, 0.1) is 5.41 Å². The van der Waals surface area contributed by atoms with Gasteiger partial charge in [0.1, 0.15) is 0 Å². The van der Waals surface area contributed by atoms with Crippen molar-refractivity contribution in [2.24, 2.45) is 5.41 Å². The van der Waals surface area contributed by atoms with Crippen molar-refractivity contribution < 1.29 is 4.79 Å². The fourth-order valence-electron chi connectivity index (χ4n) is 1.76. The summed E-state index contributed by atoms with van der Waals surface area (Å²) in [5, 5.41) is 0.675. The number of nitrogens with zero attached hydrogens (tertiary/aromatic N) is 1. The average molecular weight is 254 g/mol. The zero-order chi connectivity index (χ0) is 13.1. The van der Waals surface area contributed by atoms with Gasteiger partial charge in [-0.1, -0.05) is 44.5 Å². The highest BCUT2D eigenvalue weighted by Gasteiger charge is 2.17. The first-order valence-electron chi connectivity index (χ1n) is 5.76. The highest BCUT2D eigenvalue weighted by Crippen LogP contribution is 2.16. The maximum Gasteiger partial charge on any atom is 0.226 e. The Labute approximate surface area is 109 Å². The van der Waals surface area contributed by atoms with E-state index in [2.05, 4.69) is 20.8 Å². The van der Waals surface area contributed by atoms with Gasteiger partial charge in [-0.25, -0.2) is 0 Å². The lowest BCUT2D eigenvalue weighted by Gasteiger charge is -2.26. The predicted octanol–water partition coefficient (Wildman–Crippen LogP) is 3.39. The second kappa shape index (κ2) is 5.54. The molecular formula is C14H20ClNO. The zero-order valence-electron chi connectivity index (χ0n) is 11.0. The number of rotatable bonds is 3. The molecular weight excluding hydrogens is 234 g/mol. The molecule has 0 unspecified atom stereocenters. The molecule has 1 aromatic carbocycles. The van der Waals surface area contributed by atoms with Crippen LogP contribution in [-0.4, -0.2) is 24.4 Å². The zero-order valence-corrected chi connectivity index (χ0v) is 11.7. The van der Waals surface area contributed by atoms with E-state index in [4.69, 9.17) is 11.6 Å². The van der Waals surface area contributed by atoms with Gasteiger partial charge in [0.25, 0.3) is 0 Å². The summed E-state index contributed by atoms with van der Waals surface area (Å²) in [6.07, 6.45) is 0.410. The second-order valence-corrected chi connectivity index (χ2v) is 6.05. The van der Waals surface area contributed by atoms with Crippen LogP contribution in [0.25, 0.3) is 0 Å². The smallest absolute Gasteiger partial charge is 0.226 e. The summed E-state index contributed by atoms with van der Waals surface area (Å²) in [5.41, 5.74) is 1.09. The van der Waals surface area contributed by atoms with Crippen LogP contribution in [0.4, 0.5) is 0 Å². The van der Waals surface area contributed by atoms with Crippen LogP contribution in [-0.2, 0) is 11.2 Å². The van der Waals surface area contributed by atoms with E-state index in [1.807, 2.05) is 31.3 Å². The lowest BCUT2D eigenvalue weighted by molar-refractivity contribution is -0.130. The van der Waals surface area contributed by atoms with E-state index in [-0.39, 0.29) is 11.3 Å². The molecule has 0 atom stereocenters. The van der Waals surface area contributed by atoms with Gasteiger partial charge in [0, 0.05) is 18.6 Å². The van der Waals surface area contributed by atoms with Crippen LogP contribution >= 0.6 is 11.6 Å². The van der Waals surface area contributed by atoms with E-state index in [1.54, 1.807) is 4.90 Å². The second-order valence-electron chi connectivity index (χ2n) is 5.62. The molecule has 1 aromatic rings. The van der Waals surface area contributed by atoms with Gasteiger partial charge in [-0.2, -0.15) is 0 Å². The van der Waals surface area contributed by atoms with Crippen molar-refractivity contribution >= 4 is 17.5 Å². The Morgan fingerprint density at radius 3 is 2.53 bits per heavy atom. The molecule has 0 heterocycles. The van der Waals surface area contributed by atoms with E-state index < -0.39 is 0 Å². The molecule has 94 valence electrons. The van der Waals surface area contributed by atoms with Crippen molar-refractivity contribution in [2.75, 3.05) is 13.6 Å². The first-order chi connectivity index (χ1) is 7.78. The topological polar surface area (TPSA) is 20.3 Å².